The van der Waals surface area contributed by atoms with Crippen molar-refractivity contribution >= 4 is 5.97 Å². The van der Waals surface area contributed by atoms with Crippen LogP contribution in [0.2, 0.25) is 0 Å². The molecule has 1 atom stereocenters. The van der Waals surface area contributed by atoms with E-state index in [-0.39, 0.29) is 12.5 Å². The number of hydrogen-bond acceptors (Lipinski definition) is 3. The van der Waals surface area contributed by atoms with Crippen LogP contribution in [0.15, 0.2) is 12.4 Å². The molecule has 1 heterocycles. The van der Waals surface area contributed by atoms with E-state index >= 15 is 0 Å². The number of rotatable bonds is 7. The molecule has 0 aromatic carbocycles. The standard InChI is InChI=1S/C11H18N2O3/c1-3-6-13-8-10(7-12-13)16-9(2)4-5-11(14)15/h7-9H,3-6H2,1-2H3,(H,14,15). The minimum atomic E-state index is -0.794. The molecular weight excluding hydrogens is 208 g/mol. The highest BCUT2D eigenvalue weighted by atomic mass is 16.5. The van der Waals surface area contributed by atoms with Gasteiger partial charge in [-0.2, -0.15) is 5.10 Å². The molecule has 90 valence electrons. The number of carboxylic acid groups (broad SMARTS) is 1. The molecule has 5 heteroatoms. The lowest BCUT2D eigenvalue weighted by Crippen LogP contribution is -2.13. The first kappa shape index (κ1) is 12.5. The zero-order valence-corrected chi connectivity index (χ0v) is 9.72. The number of nitrogens with zero attached hydrogens (tertiary/aromatic N) is 2. The number of aryl methyl sites for hydroxylation is 1. The van der Waals surface area contributed by atoms with E-state index in [2.05, 4.69) is 12.0 Å². The Hall–Kier alpha value is -1.52. The summed E-state index contributed by atoms with van der Waals surface area (Å²) in [5.74, 6) is -0.0940. The van der Waals surface area contributed by atoms with Crippen LogP contribution in [-0.4, -0.2) is 27.0 Å². The lowest BCUT2D eigenvalue weighted by atomic mass is 10.2. The molecule has 0 aliphatic rings. The van der Waals surface area contributed by atoms with Gasteiger partial charge in [0.2, 0.25) is 0 Å². The van der Waals surface area contributed by atoms with Crippen molar-refractivity contribution in [1.29, 1.82) is 0 Å². The van der Waals surface area contributed by atoms with E-state index in [1.165, 1.54) is 0 Å². The van der Waals surface area contributed by atoms with Crippen LogP contribution in [0.3, 0.4) is 0 Å². The van der Waals surface area contributed by atoms with Crippen LogP contribution in [0.4, 0.5) is 0 Å². The Labute approximate surface area is 95.0 Å². The van der Waals surface area contributed by atoms with E-state index in [9.17, 15) is 4.79 Å². The number of aliphatic carboxylic acids is 1. The highest BCUT2D eigenvalue weighted by molar-refractivity contribution is 5.66. The van der Waals surface area contributed by atoms with Gasteiger partial charge in [0.05, 0.1) is 18.5 Å². The second-order valence-electron chi connectivity index (χ2n) is 3.80. The molecule has 0 saturated heterocycles. The minimum Gasteiger partial charge on any atom is -0.487 e. The molecule has 1 aromatic rings. The van der Waals surface area contributed by atoms with Crippen LogP contribution in [-0.2, 0) is 11.3 Å². The maximum Gasteiger partial charge on any atom is 0.303 e. The quantitative estimate of drug-likeness (QED) is 0.771. The first-order chi connectivity index (χ1) is 7.61. The first-order valence-electron chi connectivity index (χ1n) is 5.52. The summed E-state index contributed by atoms with van der Waals surface area (Å²) in [6.07, 6.45) is 5.05. The average molecular weight is 226 g/mol. The summed E-state index contributed by atoms with van der Waals surface area (Å²) in [6.45, 7) is 4.81. The molecule has 16 heavy (non-hydrogen) atoms. The van der Waals surface area contributed by atoms with Gasteiger partial charge in [-0.15, -0.1) is 0 Å². The molecule has 1 rings (SSSR count). The molecular formula is C11H18N2O3. The van der Waals surface area contributed by atoms with Crippen molar-refractivity contribution in [3.05, 3.63) is 12.4 Å². The van der Waals surface area contributed by atoms with Gasteiger partial charge in [0.25, 0.3) is 0 Å². The van der Waals surface area contributed by atoms with Crippen LogP contribution in [0.25, 0.3) is 0 Å². The third-order valence-electron chi connectivity index (χ3n) is 2.16. The number of ether oxygens (including phenoxy) is 1. The van der Waals surface area contributed by atoms with Crippen molar-refractivity contribution in [2.75, 3.05) is 0 Å². The van der Waals surface area contributed by atoms with E-state index < -0.39 is 5.97 Å². The van der Waals surface area contributed by atoms with Crippen molar-refractivity contribution < 1.29 is 14.6 Å². The lowest BCUT2D eigenvalue weighted by Gasteiger charge is -2.11. The first-order valence-corrected chi connectivity index (χ1v) is 5.52. The van der Waals surface area contributed by atoms with E-state index in [0.717, 1.165) is 13.0 Å². The Morgan fingerprint density at radius 1 is 1.69 bits per heavy atom. The summed E-state index contributed by atoms with van der Waals surface area (Å²) in [5.41, 5.74) is 0. The van der Waals surface area contributed by atoms with Crippen molar-refractivity contribution in [3.8, 4) is 5.75 Å². The van der Waals surface area contributed by atoms with Gasteiger partial charge in [-0.05, 0) is 19.8 Å². The van der Waals surface area contributed by atoms with Gasteiger partial charge in [0.1, 0.15) is 0 Å². The molecule has 1 aromatic heterocycles. The molecule has 0 bridgehead atoms. The molecule has 0 fully saturated rings. The van der Waals surface area contributed by atoms with Crippen molar-refractivity contribution in [2.24, 2.45) is 0 Å². The molecule has 0 spiro atoms. The number of hydrogen-bond donors (Lipinski definition) is 1. The van der Waals surface area contributed by atoms with Gasteiger partial charge >= 0.3 is 5.97 Å². The van der Waals surface area contributed by atoms with Crippen LogP contribution in [0, 0.1) is 0 Å². The number of carboxylic acids is 1. The highest BCUT2D eigenvalue weighted by Crippen LogP contribution is 2.13. The van der Waals surface area contributed by atoms with Crippen LogP contribution in [0.1, 0.15) is 33.1 Å². The molecule has 1 unspecified atom stereocenters. The summed E-state index contributed by atoms with van der Waals surface area (Å²) < 4.78 is 7.36. The monoisotopic (exact) mass is 226 g/mol. The lowest BCUT2D eigenvalue weighted by molar-refractivity contribution is -0.137. The third-order valence-corrected chi connectivity index (χ3v) is 2.16. The van der Waals surface area contributed by atoms with Gasteiger partial charge in [0.15, 0.2) is 5.75 Å². The molecule has 0 aliphatic carbocycles. The fraction of sp³-hybridized carbons (Fsp3) is 0.636. The number of aromatic nitrogens is 2. The second-order valence-corrected chi connectivity index (χ2v) is 3.80. The largest absolute Gasteiger partial charge is 0.487 e. The van der Waals surface area contributed by atoms with Crippen molar-refractivity contribution in [2.45, 2.75) is 45.8 Å². The van der Waals surface area contributed by atoms with Crippen LogP contribution < -0.4 is 4.74 Å². The summed E-state index contributed by atoms with van der Waals surface area (Å²) >= 11 is 0. The maximum atomic E-state index is 10.4. The van der Waals surface area contributed by atoms with Gasteiger partial charge in [0, 0.05) is 13.0 Å². The predicted octanol–water partition coefficient (Wildman–Crippen LogP) is 1.93. The Morgan fingerprint density at radius 2 is 2.44 bits per heavy atom. The van der Waals surface area contributed by atoms with E-state index in [4.69, 9.17) is 9.84 Å². The SMILES string of the molecule is CCCn1cc(OC(C)CCC(=O)O)cn1. The molecule has 5 nitrogen and oxygen atoms in total. The minimum absolute atomic E-state index is 0.102. The third kappa shape index (κ3) is 4.33. The van der Waals surface area contributed by atoms with Gasteiger partial charge < -0.3 is 9.84 Å². The Morgan fingerprint density at radius 3 is 3.06 bits per heavy atom. The molecule has 1 N–H and O–H groups in total. The topological polar surface area (TPSA) is 64.3 Å². The predicted molar refractivity (Wildman–Crippen MR) is 59.5 cm³/mol. The van der Waals surface area contributed by atoms with E-state index in [1.54, 1.807) is 6.20 Å². The Kier molecular flexibility index (Phi) is 4.82. The Balaban J connectivity index is 2.37. The molecule has 0 amide bonds. The summed E-state index contributed by atoms with van der Waals surface area (Å²) in [6, 6.07) is 0. The average Bonchev–Trinajstić information content (AvgIpc) is 2.63. The zero-order chi connectivity index (χ0) is 12.0. The summed E-state index contributed by atoms with van der Waals surface area (Å²) in [5, 5.41) is 12.7. The van der Waals surface area contributed by atoms with Crippen molar-refractivity contribution in [1.82, 2.24) is 9.78 Å². The zero-order valence-electron chi connectivity index (χ0n) is 9.72. The fourth-order valence-corrected chi connectivity index (χ4v) is 1.37. The van der Waals surface area contributed by atoms with Crippen molar-refractivity contribution in [3.63, 3.8) is 0 Å². The van der Waals surface area contributed by atoms with Gasteiger partial charge in [-0.3, -0.25) is 9.48 Å². The highest BCUT2D eigenvalue weighted by Gasteiger charge is 2.08. The van der Waals surface area contributed by atoms with Gasteiger partial charge in [-0.25, -0.2) is 0 Å². The maximum absolute atomic E-state index is 10.4. The molecule has 0 aliphatic heterocycles. The normalized spacial score (nSPS) is 12.4. The number of carbonyl (C=O) groups is 1. The Bertz CT molecular complexity index is 336. The summed E-state index contributed by atoms with van der Waals surface area (Å²) in [7, 11) is 0. The van der Waals surface area contributed by atoms with E-state index in [1.807, 2.05) is 17.8 Å². The van der Waals surface area contributed by atoms with E-state index in [0.29, 0.717) is 12.2 Å². The molecule has 0 radical (unpaired) electrons. The fourth-order valence-electron chi connectivity index (χ4n) is 1.37. The van der Waals surface area contributed by atoms with Crippen LogP contribution >= 0.6 is 0 Å². The van der Waals surface area contributed by atoms with Crippen LogP contribution in [0.5, 0.6) is 5.75 Å². The smallest absolute Gasteiger partial charge is 0.303 e. The van der Waals surface area contributed by atoms with Gasteiger partial charge in [-0.1, -0.05) is 6.92 Å². The molecule has 0 saturated carbocycles. The summed E-state index contributed by atoms with van der Waals surface area (Å²) in [4.78, 5) is 10.4. The second kappa shape index (κ2) is 6.15.